The summed E-state index contributed by atoms with van der Waals surface area (Å²) in [6.07, 6.45) is 13.7. The molecule has 2 aliphatic rings. The highest BCUT2D eigenvalue weighted by Gasteiger charge is 2.26. The number of rotatable bonds is 9. The number of nitriles is 2. The summed E-state index contributed by atoms with van der Waals surface area (Å²) in [6.45, 7) is 3.36. The fraction of sp³-hybridized carbons (Fsp3) is 0.484. The van der Waals surface area contributed by atoms with Gasteiger partial charge in [0.05, 0.1) is 34.8 Å². The summed E-state index contributed by atoms with van der Waals surface area (Å²) in [4.78, 5) is 9.04. The van der Waals surface area contributed by atoms with Crippen LogP contribution in [0.5, 0.6) is 0 Å². The predicted molar refractivity (Wildman–Crippen MR) is 154 cm³/mol. The number of hydrogen-bond acceptors (Lipinski definition) is 10. The van der Waals surface area contributed by atoms with Crippen LogP contribution in [0.25, 0.3) is 28.2 Å². The van der Waals surface area contributed by atoms with E-state index in [0.717, 1.165) is 69.2 Å². The van der Waals surface area contributed by atoms with E-state index in [2.05, 4.69) is 37.7 Å². The van der Waals surface area contributed by atoms with Crippen LogP contribution >= 0.6 is 0 Å². The third-order valence-electron chi connectivity index (χ3n) is 8.24. The van der Waals surface area contributed by atoms with Crippen molar-refractivity contribution in [2.45, 2.75) is 76.5 Å². The van der Waals surface area contributed by atoms with Crippen molar-refractivity contribution in [2.75, 3.05) is 18.5 Å². The first-order valence-corrected chi connectivity index (χ1v) is 14.7. The van der Waals surface area contributed by atoms with Crippen LogP contribution in [0.4, 0.5) is 5.69 Å². The van der Waals surface area contributed by atoms with E-state index in [1.807, 2.05) is 12.1 Å². The lowest BCUT2D eigenvalue weighted by Crippen LogP contribution is -2.24. The third-order valence-corrected chi connectivity index (χ3v) is 8.24. The van der Waals surface area contributed by atoms with Crippen LogP contribution in [0.1, 0.15) is 75.5 Å². The van der Waals surface area contributed by atoms with Gasteiger partial charge in [0.15, 0.2) is 23.5 Å². The van der Waals surface area contributed by atoms with Crippen molar-refractivity contribution < 1.29 is 14.0 Å². The average Bonchev–Trinajstić information content (AvgIpc) is 3.69. The van der Waals surface area contributed by atoms with E-state index in [-0.39, 0.29) is 6.29 Å². The fourth-order valence-electron chi connectivity index (χ4n) is 5.86. The highest BCUT2D eigenvalue weighted by atomic mass is 16.7. The van der Waals surface area contributed by atoms with Gasteiger partial charge in [-0.25, -0.2) is 9.97 Å². The second kappa shape index (κ2) is 12.7. The van der Waals surface area contributed by atoms with E-state index in [0.29, 0.717) is 45.9 Å². The van der Waals surface area contributed by atoms with Crippen LogP contribution in [-0.2, 0) is 9.47 Å². The molecule has 42 heavy (non-hydrogen) atoms. The molecule has 4 aromatic heterocycles. The number of nitrogens with one attached hydrogen (secondary N) is 1. The fourth-order valence-corrected chi connectivity index (χ4v) is 5.86. The lowest BCUT2D eigenvalue weighted by molar-refractivity contribution is -0.164. The summed E-state index contributed by atoms with van der Waals surface area (Å²) in [6, 6.07) is 9.43. The lowest BCUT2D eigenvalue weighted by Gasteiger charge is -2.28. The number of aromatic nitrogens is 5. The van der Waals surface area contributed by atoms with Crippen molar-refractivity contribution in [2.24, 2.45) is 5.92 Å². The van der Waals surface area contributed by atoms with Crippen LogP contribution in [0.2, 0.25) is 0 Å². The smallest absolute Gasteiger partial charge is 0.170 e. The molecule has 0 radical (unpaired) electrons. The van der Waals surface area contributed by atoms with Gasteiger partial charge in [-0.1, -0.05) is 5.16 Å². The first kappa shape index (κ1) is 27.8. The molecule has 5 heterocycles. The predicted octanol–water partition coefficient (Wildman–Crippen LogP) is 5.87. The summed E-state index contributed by atoms with van der Waals surface area (Å²) >= 11 is 0. The summed E-state index contributed by atoms with van der Waals surface area (Å²) in [5, 5.41) is 31.5. The molecule has 1 aliphatic carbocycles. The molecule has 216 valence electrons. The Morgan fingerprint density at radius 3 is 2.74 bits per heavy atom. The van der Waals surface area contributed by atoms with Crippen molar-refractivity contribution in [3.63, 3.8) is 0 Å². The first-order chi connectivity index (χ1) is 20.6. The highest BCUT2D eigenvalue weighted by Crippen LogP contribution is 2.39. The van der Waals surface area contributed by atoms with Crippen molar-refractivity contribution in [1.29, 1.82) is 10.5 Å². The second-order valence-electron chi connectivity index (χ2n) is 11.2. The summed E-state index contributed by atoms with van der Waals surface area (Å²) in [5.74, 6) is 2.14. The topological polar surface area (TPSA) is 148 Å². The molecule has 0 amide bonds. The van der Waals surface area contributed by atoms with E-state index < -0.39 is 6.04 Å². The zero-order valence-corrected chi connectivity index (χ0v) is 23.7. The van der Waals surface area contributed by atoms with Crippen molar-refractivity contribution in [3.8, 4) is 29.3 Å². The minimum absolute atomic E-state index is 0.0177. The lowest BCUT2D eigenvalue weighted by atomic mass is 9.79. The maximum Gasteiger partial charge on any atom is 0.170 e. The van der Waals surface area contributed by atoms with Gasteiger partial charge < -0.3 is 19.3 Å². The van der Waals surface area contributed by atoms with Gasteiger partial charge in [-0.05, 0) is 70.3 Å². The van der Waals surface area contributed by atoms with Gasteiger partial charge in [0.1, 0.15) is 12.1 Å². The Kier molecular flexibility index (Phi) is 8.40. The number of pyridine rings is 2. The second-order valence-corrected chi connectivity index (χ2v) is 11.2. The van der Waals surface area contributed by atoms with Gasteiger partial charge in [-0.2, -0.15) is 20.3 Å². The molecule has 2 fully saturated rings. The minimum atomic E-state index is -0.448. The van der Waals surface area contributed by atoms with Crippen molar-refractivity contribution in [1.82, 2.24) is 24.9 Å². The Morgan fingerprint density at radius 2 is 1.95 bits per heavy atom. The Balaban J connectivity index is 1.15. The van der Waals surface area contributed by atoms with Crippen LogP contribution in [0, 0.1) is 28.6 Å². The molecule has 11 heteroatoms. The molecule has 0 spiro atoms. The Labute approximate surface area is 244 Å². The Morgan fingerprint density at radius 1 is 1.07 bits per heavy atom. The average molecular weight is 567 g/mol. The summed E-state index contributed by atoms with van der Waals surface area (Å²) < 4.78 is 19.1. The molecule has 4 aromatic rings. The molecular formula is C31H34N8O3. The molecule has 2 atom stereocenters. The normalized spacial score (nSPS) is 21.5. The molecule has 1 aliphatic heterocycles. The number of nitrogens with zero attached hydrogens (tertiary/aromatic N) is 7. The van der Waals surface area contributed by atoms with Gasteiger partial charge in [-0.15, -0.1) is 0 Å². The van der Waals surface area contributed by atoms with E-state index in [1.54, 1.807) is 30.1 Å². The zero-order valence-electron chi connectivity index (χ0n) is 23.7. The minimum Gasteiger partial charge on any atom is -0.369 e. The molecule has 6 rings (SSSR count). The standard InChI is InChI=1S/C31H34N8O3/c1-20(15-32)37-27-14-29(39-31-24(18-36-39)12-22(16-33)17-35-31)34-19-25(27)28-13-26(38-42-28)23-7-5-21(6-8-23)9-11-41-30-4-2-3-10-40-30/h12-14,17-21,23,30H,2-11H2,1H3,(H,34,37)/t20-,21?,23?,30?/m1/s1. The number of anilines is 1. The van der Waals surface area contributed by atoms with Gasteiger partial charge in [0.2, 0.25) is 0 Å². The largest absolute Gasteiger partial charge is 0.369 e. The Hall–Kier alpha value is -4.32. The highest BCUT2D eigenvalue weighted by molar-refractivity contribution is 5.79. The van der Waals surface area contributed by atoms with E-state index in [1.165, 1.54) is 12.6 Å². The third kappa shape index (κ3) is 6.13. The zero-order chi connectivity index (χ0) is 28.9. The van der Waals surface area contributed by atoms with E-state index in [9.17, 15) is 10.5 Å². The molecule has 0 bridgehead atoms. The monoisotopic (exact) mass is 566 g/mol. The SMILES string of the molecule is C[C@H](C#N)Nc1cc(-n2ncc3cc(C#N)cnc32)ncc1-c1cc(C2CCC(CCOC3CCCCO3)CC2)no1. The molecule has 1 saturated carbocycles. The number of fused-ring (bicyclic) bond motifs is 1. The summed E-state index contributed by atoms with van der Waals surface area (Å²) in [5.41, 5.74) is 3.39. The molecule has 1 saturated heterocycles. The van der Waals surface area contributed by atoms with Gasteiger partial charge in [0, 0.05) is 49.0 Å². The molecule has 0 aromatic carbocycles. The Bertz CT molecular complexity index is 1600. The first-order valence-electron chi connectivity index (χ1n) is 14.7. The van der Waals surface area contributed by atoms with E-state index in [4.69, 9.17) is 14.0 Å². The van der Waals surface area contributed by atoms with Gasteiger partial charge in [0.25, 0.3) is 0 Å². The van der Waals surface area contributed by atoms with Crippen LogP contribution < -0.4 is 5.32 Å². The molecule has 1 unspecified atom stereocenters. The number of hydrogen-bond donors (Lipinski definition) is 1. The van der Waals surface area contributed by atoms with E-state index >= 15 is 0 Å². The van der Waals surface area contributed by atoms with Crippen LogP contribution in [-0.4, -0.2) is 50.5 Å². The maximum atomic E-state index is 9.49. The molecular weight excluding hydrogens is 532 g/mol. The molecule has 11 nitrogen and oxygen atoms in total. The van der Waals surface area contributed by atoms with Gasteiger partial charge in [-0.3, -0.25) is 0 Å². The van der Waals surface area contributed by atoms with Crippen LogP contribution in [0.15, 0.2) is 41.3 Å². The summed E-state index contributed by atoms with van der Waals surface area (Å²) in [7, 11) is 0. The number of ether oxygens (including phenoxy) is 2. The van der Waals surface area contributed by atoms with Crippen molar-refractivity contribution >= 4 is 16.7 Å². The van der Waals surface area contributed by atoms with Gasteiger partial charge >= 0.3 is 0 Å². The quantitative estimate of drug-likeness (QED) is 0.261. The molecule has 1 N–H and O–H groups in total. The van der Waals surface area contributed by atoms with Crippen LogP contribution in [0.3, 0.4) is 0 Å². The van der Waals surface area contributed by atoms with Crippen molar-refractivity contribution in [3.05, 3.63) is 48.0 Å². The maximum absolute atomic E-state index is 9.49.